The predicted molar refractivity (Wildman–Crippen MR) is 76.2 cm³/mol. The minimum atomic E-state index is -0.272. The second-order valence-corrected chi connectivity index (χ2v) is 6.41. The van der Waals surface area contributed by atoms with Gasteiger partial charge in [0.05, 0.1) is 11.2 Å². The zero-order valence-electron chi connectivity index (χ0n) is 12.3. The van der Waals surface area contributed by atoms with Crippen molar-refractivity contribution in [1.29, 1.82) is 0 Å². The average Bonchev–Trinajstić information content (AvgIpc) is 2.48. The van der Waals surface area contributed by atoms with Crippen LogP contribution in [-0.4, -0.2) is 18.3 Å². The molecule has 3 heteroatoms. The molecule has 2 rings (SSSR count). The first-order chi connectivity index (χ1) is 8.23. The molecule has 0 spiro atoms. The molecule has 0 atom stereocenters. The molecule has 0 unspecified atom stereocenters. The largest absolute Gasteiger partial charge is 0.494 e. The minimum Gasteiger partial charge on any atom is -0.399 e. The Balaban J connectivity index is 2.27. The summed E-state index contributed by atoms with van der Waals surface area (Å²) in [6, 6.07) is 8.50. The Kier molecular flexibility index (Phi) is 3.33. The first-order valence-corrected chi connectivity index (χ1v) is 6.68. The molecule has 1 aliphatic heterocycles. The summed E-state index contributed by atoms with van der Waals surface area (Å²) in [4.78, 5) is 0. The SMILES string of the molecule is CC(C)c1cccc(B2OC(C)(C)C(C)(C)O2)c1. The maximum atomic E-state index is 6.06. The van der Waals surface area contributed by atoms with E-state index in [9.17, 15) is 0 Å². The lowest BCUT2D eigenvalue weighted by Gasteiger charge is -2.32. The van der Waals surface area contributed by atoms with Crippen molar-refractivity contribution in [2.24, 2.45) is 0 Å². The third-order valence-electron chi connectivity index (χ3n) is 4.10. The normalized spacial score (nSPS) is 21.6. The molecule has 0 bridgehead atoms. The van der Waals surface area contributed by atoms with Gasteiger partial charge in [-0.25, -0.2) is 0 Å². The van der Waals surface area contributed by atoms with Gasteiger partial charge in [-0.3, -0.25) is 0 Å². The van der Waals surface area contributed by atoms with E-state index in [0.29, 0.717) is 5.92 Å². The van der Waals surface area contributed by atoms with Crippen LogP contribution >= 0.6 is 0 Å². The molecule has 98 valence electrons. The van der Waals surface area contributed by atoms with Crippen molar-refractivity contribution in [1.82, 2.24) is 0 Å². The Labute approximate surface area is 111 Å². The first kappa shape index (κ1) is 13.6. The van der Waals surface area contributed by atoms with Gasteiger partial charge in [0.15, 0.2) is 0 Å². The third kappa shape index (κ3) is 2.34. The van der Waals surface area contributed by atoms with E-state index in [2.05, 4.69) is 65.8 Å². The molecule has 18 heavy (non-hydrogen) atoms. The van der Waals surface area contributed by atoms with Crippen LogP contribution in [0, 0.1) is 0 Å². The fourth-order valence-electron chi connectivity index (χ4n) is 2.04. The van der Waals surface area contributed by atoms with Gasteiger partial charge in [0.25, 0.3) is 0 Å². The third-order valence-corrected chi connectivity index (χ3v) is 4.10. The van der Waals surface area contributed by atoms with Gasteiger partial charge in [-0.2, -0.15) is 0 Å². The maximum absolute atomic E-state index is 6.06. The van der Waals surface area contributed by atoms with Gasteiger partial charge < -0.3 is 9.31 Å². The minimum absolute atomic E-state index is 0.256. The molecule has 0 aliphatic carbocycles. The van der Waals surface area contributed by atoms with Gasteiger partial charge in [0.1, 0.15) is 0 Å². The Morgan fingerprint density at radius 1 is 1.00 bits per heavy atom. The molecular weight excluding hydrogens is 223 g/mol. The van der Waals surface area contributed by atoms with E-state index in [1.54, 1.807) is 0 Å². The van der Waals surface area contributed by atoms with E-state index in [-0.39, 0.29) is 18.3 Å². The van der Waals surface area contributed by atoms with Gasteiger partial charge in [-0.05, 0) is 44.6 Å². The lowest BCUT2D eigenvalue weighted by atomic mass is 9.77. The number of hydrogen-bond donors (Lipinski definition) is 0. The monoisotopic (exact) mass is 246 g/mol. The van der Waals surface area contributed by atoms with Crippen LogP contribution in [0.3, 0.4) is 0 Å². The zero-order chi connectivity index (χ0) is 13.6. The molecule has 1 fully saturated rings. The van der Waals surface area contributed by atoms with Gasteiger partial charge in [-0.1, -0.05) is 38.1 Å². The van der Waals surface area contributed by atoms with E-state index < -0.39 is 0 Å². The van der Waals surface area contributed by atoms with E-state index >= 15 is 0 Å². The van der Waals surface area contributed by atoms with Crippen LogP contribution in [0.5, 0.6) is 0 Å². The summed E-state index contributed by atoms with van der Waals surface area (Å²) in [7, 11) is -0.256. The quantitative estimate of drug-likeness (QED) is 0.746. The van der Waals surface area contributed by atoms with E-state index in [1.165, 1.54) is 5.56 Å². The number of benzene rings is 1. The molecule has 0 amide bonds. The number of rotatable bonds is 2. The fourth-order valence-corrected chi connectivity index (χ4v) is 2.04. The van der Waals surface area contributed by atoms with Crippen molar-refractivity contribution in [3.63, 3.8) is 0 Å². The fraction of sp³-hybridized carbons (Fsp3) is 0.600. The molecule has 0 saturated carbocycles. The van der Waals surface area contributed by atoms with Crippen molar-refractivity contribution in [2.75, 3.05) is 0 Å². The number of hydrogen-bond acceptors (Lipinski definition) is 2. The Hall–Kier alpha value is -0.795. The Morgan fingerprint density at radius 2 is 1.56 bits per heavy atom. The Bertz CT molecular complexity index is 422. The van der Waals surface area contributed by atoms with Crippen molar-refractivity contribution < 1.29 is 9.31 Å². The summed E-state index contributed by atoms with van der Waals surface area (Å²) in [5, 5.41) is 0. The molecule has 2 nitrogen and oxygen atoms in total. The Morgan fingerprint density at radius 3 is 2.06 bits per heavy atom. The van der Waals surface area contributed by atoms with Gasteiger partial charge in [0.2, 0.25) is 0 Å². The van der Waals surface area contributed by atoms with E-state index in [0.717, 1.165) is 5.46 Å². The van der Waals surface area contributed by atoms with Crippen LogP contribution in [-0.2, 0) is 9.31 Å². The highest BCUT2D eigenvalue weighted by atomic mass is 16.7. The summed E-state index contributed by atoms with van der Waals surface area (Å²) in [5.41, 5.74) is 1.89. The van der Waals surface area contributed by atoms with Crippen LogP contribution in [0.2, 0.25) is 0 Å². The highest BCUT2D eigenvalue weighted by molar-refractivity contribution is 6.62. The summed E-state index contributed by atoms with van der Waals surface area (Å²) in [6.07, 6.45) is 0. The highest BCUT2D eigenvalue weighted by Crippen LogP contribution is 2.36. The van der Waals surface area contributed by atoms with Gasteiger partial charge >= 0.3 is 7.12 Å². The molecule has 0 N–H and O–H groups in total. The maximum Gasteiger partial charge on any atom is 0.494 e. The summed E-state index contributed by atoms with van der Waals surface area (Å²) in [5.74, 6) is 0.521. The summed E-state index contributed by atoms with van der Waals surface area (Å²) in [6.45, 7) is 12.7. The van der Waals surface area contributed by atoms with Crippen LogP contribution in [0.15, 0.2) is 24.3 Å². The van der Waals surface area contributed by atoms with Crippen molar-refractivity contribution in [3.8, 4) is 0 Å². The van der Waals surface area contributed by atoms with E-state index in [4.69, 9.17) is 9.31 Å². The molecule has 1 aromatic carbocycles. The molecule has 0 aromatic heterocycles. The van der Waals surface area contributed by atoms with Crippen molar-refractivity contribution in [3.05, 3.63) is 29.8 Å². The zero-order valence-corrected chi connectivity index (χ0v) is 12.3. The van der Waals surface area contributed by atoms with Crippen LogP contribution in [0.1, 0.15) is 53.0 Å². The van der Waals surface area contributed by atoms with Crippen LogP contribution in [0.4, 0.5) is 0 Å². The summed E-state index contributed by atoms with van der Waals surface area (Å²) < 4.78 is 12.1. The van der Waals surface area contributed by atoms with E-state index in [1.807, 2.05) is 0 Å². The van der Waals surface area contributed by atoms with Crippen molar-refractivity contribution in [2.45, 2.75) is 58.7 Å². The standard InChI is InChI=1S/C15H23BO2/c1-11(2)12-8-7-9-13(10-12)16-17-14(3,4)15(5,6)18-16/h7-11H,1-6H3. The molecule has 1 aliphatic rings. The average molecular weight is 246 g/mol. The molecule has 1 saturated heterocycles. The molecular formula is C15H23BO2. The molecule has 0 radical (unpaired) electrons. The molecule has 1 aromatic rings. The topological polar surface area (TPSA) is 18.5 Å². The second-order valence-electron chi connectivity index (χ2n) is 6.41. The second kappa shape index (κ2) is 4.39. The summed E-state index contributed by atoms with van der Waals surface area (Å²) >= 11 is 0. The van der Waals surface area contributed by atoms with Crippen molar-refractivity contribution >= 4 is 12.6 Å². The lowest BCUT2D eigenvalue weighted by molar-refractivity contribution is 0.00578. The first-order valence-electron chi connectivity index (χ1n) is 6.68. The molecule has 1 heterocycles. The highest BCUT2D eigenvalue weighted by Gasteiger charge is 2.51. The van der Waals surface area contributed by atoms with Gasteiger partial charge in [-0.15, -0.1) is 0 Å². The van der Waals surface area contributed by atoms with Gasteiger partial charge in [0, 0.05) is 0 Å². The van der Waals surface area contributed by atoms with Crippen LogP contribution in [0.25, 0.3) is 0 Å². The van der Waals surface area contributed by atoms with Crippen LogP contribution < -0.4 is 5.46 Å². The smallest absolute Gasteiger partial charge is 0.399 e. The lowest BCUT2D eigenvalue weighted by Crippen LogP contribution is -2.41. The predicted octanol–water partition coefficient (Wildman–Crippen LogP) is 3.11.